The van der Waals surface area contributed by atoms with Crippen LogP contribution in [-0.4, -0.2) is 5.54 Å². The molecule has 1 aromatic rings. The number of nitrogens with two attached hydrogens (primary N) is 1. The molecule has 1 aliphatic carbocycles. The summed E-state index contributed by atoms with van der Waals surface area (Å²) < 4.78 is 0. The molecule has 0 saturated heterocycles. The van der Waals surface area contributed by atoms with Crippen LogP contribution in [0.2, 0.25) is 0 Å². The highest BCUT2D eigenvalue weighted by Crippen LogP contribution is 2.42. The first-order valence-electron chi connectivity index (χ1n) is 7.32. The lowest BCUT2D eigenvalue weighted by molar-refractivity contribution is 0.102. The van der Waals surface area contributed by atoms with Gasteiger partial charge in [0.15, 0.2) is 0 Å². The summed E-state index contributed by atoms with van der Waals surface area (Å²) in [5, 5.41) is 2.17. The van der Waals surface area contributed by atoms with E-state index in [1.54, 1.807) is 0 Å². The summed E-state index contributed by atoms with van der Waals surface area (Å²) in [6, 6.07) is 4.39. The minimum absolute atomic E-state index is 0.0653. The van der Waals surface area contributed by atoms with Gasteiger partial charge in [-0.2, -0.15) is 0 Å². The molecule has 1 saturated carbocycles. The fourth-order valence-electron chi connectivity index (χ4n) is 3.75. The Labute approximate surface area is 116 Å². The number of rotatable bonds is 4. The highest BCUT2D eigenvalue weighted by Gasteiger charge is 2.40. The van der Waals surface area contributed by atoms with Crippen molar-refractivity contribution in [2.45, 2.75) is 58.4 Å². The average molecular weight is 265 g/mol. The topological polar surface area (TPSA) is 26.0 Å². The second-order valence-electron chi connectivity index (χ2n) is 6.55. The van der Waals surface area contributed by atoms with Crippen molar-refractivity contribution in [2.75, 3.05) is 0 Å². The van der Waals surface area contributed by atoms with Crippen molar-refractivity contribution in [3.8, 4) is 0 Å². The maximum absolute atomic E-state index is 6.82. The summed E-state index contributed by atoms with van der Waals surface area (Å²) in [6.45, 7) is 7.05. The summed E-state index contributed by atoms with van der Waals surface area (Å²) in [7, 11) is 0. The van der Waals surface area contributed by atoms with Gasteiger partial charge in [0.1, 0.15) is 0 Å². The molecular formula is C16H27NS. The van der Waals surface area contributed by atoms with E-state index in [0.717, 1.165) is 18.8 Å². The normalized spacial score (nSPS) is 32.9. The molecule has 0 aromatic carbocycles. The molecule has 1 aromatic heterocycles. The van der Waals surface area contributed by atoms with Crippen molar-refractivity contribution in [2.24, 2.45) is 23.5 Å². The van der Waals surface area contributed by atoms with Gasteiger partial charge in [-0.3, -0.25) is 0 Å². The average Bonchev–Trinajstić information content (AvgIpc) is 2.78. The third kappa shape index (κ3) is 3.16. The Morgan fingerprint density at radius 2 is 2.22 bits per heavy atom. The van der Waals surface area contributed by atoms with E-state index in [0.29, 0.717) is 11.8 Å². The lowest BCUT2D eigenvalue weighted by atomic mass is 9.64. The summed E-state index contributed by atoms with van der Waals surface area (Å²) in [6.07, 6.45) is 6.20. The van der Waals surface area contributed by atoms with Crippen molar-refractivity contribution in [3.63, 3.8) is 0 Å². The van der Waals surface area contributed by atoms with Gasteiger partial charge < -0.3 is 5.73 Å². The number of hydrogen-bond acceptors (Lipinski definition) is 2. The standard InChI is InChI=1S/C16H27NS/c1-12(2)15-7-6-13(3)11-16(15,17)9-8-14-5-4-10-18-14/h4-5,10,12-13,15H,6-9,11,17H2,1-3H3. The first-order chi connectivity index (χ1) is 8.51. The molecule has 1 heterocycles. The Balaban J connectivity index is 2.04. The predicted octanol–water partition coefficient (Wildman–Crippen LogP) is 4.47. The van der Waals surface area contributed by atoms with Crippen LogP contribution < -0.4 is 5.73 Å². The summed E-state index contributed by atoms with van der Waals surface area (Å²) in [5.74, 6) is 2.22. The third-order valence-electron chi connectivity index (χ3n) is 4.66. The summed E-state index contributed by atoms with van der Waals surface area (Å²) >= 11 is 1.87. The molecule has 1 nitrogen and oxygen atoms in total. The first-order valence-corrected chi connectivity index (χ1v) is 8.20. The second kappa shape index (κ2) is 5.75. The van der Waals surface area contributed by atoms with Crippen LogP contribution in [0.5, 0.6) is 0 Å². The molecule has 3 unspecified atom stereocenters. The Kier molecular flexibility index (Phi) is 4.50. The zero-order valence-electron chi connectivity index (χ0n) is 12.0. The van der Waals surface area contributed by atoms with Crippen molar-refractivity contribution in [3.05, 3.63) is 22.4 Å². The molecule has 0 aliphatic heterocycles. The van der Waals surface area contributed by atoms with Crippen LogP contribution in [0.25, 0.3) is 0 Å². The van der Waals surface area contributed by atoms with Gasteiger partial charge in [0.25, 0.3) is 0 Å². The Morgan fingerprint density at radius 3 is 2.83 bits per heavy atom. The zero-order chi connectivity index (χ0) is 13.2. The van der Waals surface area contributed by atoms with Gasteiger partial charge >= 0.3 is 0 Å². The van der Waals surface area contributed by atoms with Gasteiger partial charge in [-0.05, 0) is 54.9 Å². The van der Waals surface area contributed by atoms with E-state index in [1.165, 1.54) is 24.1 Å². The van der Waals surface area contributed by atoms with Gasteiger partial charge in [-0.15, -0.1) is 11.3 Å². The third-order valence-corrected chi connectivity index (χ3v) is 5.60. The van der Waals surface area contributed by atoms with Gasteiger partial charge in [-0.25, -0.2) is 0 Å². The lowest BCUT2D eigenvalue weighted by Gasteiger charge is -2.46. The fourth-order valence-corrected chi connectivity index (χ4v) is 4.46. The van der Waals surface area contributed by atoms with Gasteiger partial charge in [0.05, 0.1) is 0 Å². The molecular weight excluding hydrogens is 238 g/mol. The van der Waals surface area contributed by atoms with Crippen LogP contribution in [0.1, 0.15) is 51.3 Å². The molecule has 0 spiro atoms. The van der Waals surface area contributed by atoms with E-state index in [-0.39, 0.29) is 5.54 Å². The minimum atomic E-state index is 0.0653. The highest BCUT2D eigenvalue weighted by atomic mass is 32.1. The molecule has 2 N–H and O–H groups in total. The quantitative estimate of drug-likeness (QED) is 0.854. The van der Waals surface area contributed by atoms with E-state index in [1.807, 2.05) is 11.3 Å². The van der Waals surface area contributed by atoms with Gasteiger partial charge in [0.2, 0.25) is 0 Å². The number of thiophene rings is 1. The van der Waals surface area contributed by atoms with Crippen molar-refractivity contribution >= 4 is 11.3 Å². The van der Waals surface area contributed by atoms with Crippen molar-refractivity contribution < 1.29 is 0 Å². The smallest absolute Gasteiger partial charge is 0.0191 e. The van der Waals surface area contributed by atoms with Crippen LogP contribution in [0.3, 0.4) is 0 Å². The van der Waals surface area contributed by atoms with Crippen LogP contribution in [-0.2, 0) is 6.42 Å². The van der Waals surface area contributed by atoms with Crippen molar-refractivity contribution in [1.82, 2.24) is 0 Å². The SMILES string of the molecule is CC1CCC(C(C)C)C(N)(CCc2cccs2)C1. The molecule has 2 rings (SSSR count). The van der Waals surface area contributed by atoms with Crippen LogP contribution in [0, 0.1) is 17.8 Å². The predicted molar refractivity (Wildman–Crippen MR) is 80.9 cm³/mol. The summed E-state index contributed by atoms with van der Waals surface area (Å²) in [5.41, 5.74) is 6.88. The molecule has 0 amide bonds. The zero-order valence-corrected chi connectivity index (χ0v) is 12.8. The van der Waals surface area contributed by atoms with Gasteiger partial charge in [-0.1, -0.05) is 33.3 Å². The lowest BCUT2D eigenvalue weighted by Crippen LogP contribution is -2.53. The van der Waals surface area contributed by atoms with Crippen LogP contribution in [0.4, 0.5) is 0 Å². The Morgan fingerprint density at radius 1 is 1.44 bits per heavy atom. The molecule has 102 valence electrons. The van der Waals surface area contributed by atoms with E-state index in [2.05, 4.69) is 38.3 Å². The Hall–Kier alpha value is -0.340. The van der Waals surface area contributed by atoms with Crippen molar-refractivity contribution in [1.29, 1.82) is 0 Å². The Bertz CT molecular complexity index is 357. The highest BCUT2D eigenvalue weighted by molar-refractivity contribution is 7.09. The van der Waals surface area contributed by atoms with Crippen LogP contribution >= 0.6 is 11.3 Å². The molecule has 1 fully saturated rings. The molecule has 0 radical (unpaired) electrons. The van der Waals surface area contributed by atoms with E-state index in [9.17, 15) is 0 Å². The molecule has 1 aliphatic rings. The maximum Gasteiger partial charge on any atom is 0.0191 e. The largest absolute Gasteiger partial charge is 0.325 e. The molecule has 18 heavy (non-hydrogen) atoms. The van der Waals surface area contributed by atoms with E-state index >= 15 is 0 Å². The maximum atomic E-state index is 6.82. The summed E-state index contributed by atoms with van der Waals surface area (Å²) in [4.78, 5) is 1.49. The van der Waals surface area contributed by atoms with E-state index in [4.69, 9.17) is 5.73 Å². The first kappa shape index (κ1) is 14.1. The number of aryl methyl sites for hydroxylation is 1. The molecule has 3 atom stereocenters. The monoisotopic (exact) mass is 265 g/mol. The second-order valence-corrected chi connectivity index (χ2v) is 7.58. The van der Waals surface area contributed by atoms with Gasteiger partial charge in [0, 0.05) is 10.4 Å². The fraction of sp³-hybridized carbons (Fsp3) is 0.750. The molecule has 2 heteroatoms. The minimum Gasteiger partial charge on any atom is -0.325 e. The van der Waals surface area contributed by atoms with Crippen LogP contribution in [0.15, 0.2) is 17.5 Å². The number of hydrogen-bond donors (Lipinski definition) is 1. The molecule has 0 bridgehead atoms. The van der Waals surface area contributed by atoms with E-state index < -0.39 is 0 Å².